The molecule has 2 aromatic rings. The van der Waals surface area contributed by atoms with Crippen molar-refractivity contribution in [2.75, 3.05) is 6.61 Å². The van der Waals surface area contributed by atoms with E-state index in [1.165, 1.54) is 18.2 Å². The van der Waals surface area contributed by atoms with E-state index in [4.69, 9.17) is 8.92 Å². The number of hydrogen-bond donors (Lipinski definition) is 0. The number of rotatable bonds is 11. The van der Waals surface area contributed by atoms with Gasteiger partial charge in [0.1, 0.15) is 10.6 Å². The number of carbonyl (C=O) groups is 2. The maximum Gasteiger partial charge on any atom is 0.340 e. The summed E-state index contributed by atoms with van der Waals surface area (Å²) in [7, 11) is -4.24. The largest absolute Gasteiger partial charge is 0.462 e. The van der Waals surface area contributed by atoms with Crippen LogP contribution in [0.4, 0.5) is 0 Å². The molecule has 7 nitrogen and oxygen atoms in total. The first-order valence-electron chi connectivity index (χ1n) is 12.0. The van der Waals surface area contributed by atoms with Crippen LogP contribution in [0.2, 0.25) is 0 Å². The van der Waals surface area contributed by atoms with Crippen LogP contribution in [0.1, 0.15) is 67.8 Å². The first-order chi connectivity index (χ1) is 16.4. The number of unbranched alkanes of at least 4 members (excludes halogenated alkanes) is 1. The van der Waals surface area contributed by atoms with Crippen molar-refractivity contribution in [3.05, 3.63) is 59.7 Å². The number of nitrogens with zero attached hydrogens (tertiary/aromatic N) is 1. The van der Waals surface area contributed by atoms with Crippen LogP contribution >= 0.6 is 0 Å². The molecule has 0 bridgehead atoms. The standard InChI is InChI=1S/C26H31NO6S/c1-2-3-17-32-26(29)23-9-4-5-10-24(23)34(30,31)33-22-15-11-19(12-16-22)18-27(21-13-14-21)25(28)20-7-6-8-20/h4-5,9-12,15-16,20-21H,2-3,6-8,13-14,17-18H2,1H3. The second-order valence-corrected chi connectivity index (χ2v) is 10.5. The molecule has 0 aromatic heterocycles. The number of esters is 1. The fourth-order valence-corrected chi connectivity index (χ4v) is 5.04. The van der Waals surface area contributed by atoms with Crippen molar-refractivity contribution >= 4 is 22.0 Å². The highest BCUT2D eigenvalue weighted by atomic mass is 32.2. The molecule has 1 amide bonds. The van der Waals surface area contributed by atoms with Gasteiger partial charge in [0.25, 0.3) is 0 Å². The van der Waals surface area contributed by atoms with Gasteiger partial charge in [-0.1, -0.05) is 44.0 Å². The second kappa shape index (κ2) is 10.6. The van der Waals surface area contributed by atoms with Crippen molar-refractivity contribution in [2.45, 2.75) is 69.4 Å². The fourth-order valence-electron chi connectivity index (χ4n) is 3.92. The van der Waals surface area contributed by atoms with Crippen LogP contribution in [0, 0.1) is 5.92 Å². The number of benzene rings is 2. The summed E-state index contributed by atoms with van der Waals surface area (Å²) in [4.78, 5) is 26.9. The summed E-state index contributed by atoms with van der Waals surface area (Å²) in [6.07, 6.45) is 6.71. The molecule has 0 aliphatic heterocycles. The zero-order chi connectivity index (χ0) is 24.1. The SMILES string of the molecule is CCCCOC(=O)c1ccccc1S(=O)(=O)Oc1ccc(CN(C(=O)C2CCC2)C2CC2)cc1. The Morgan fingerprint density at radius 1 is 1.00 bits per heavy atom. The minimum Gasteiger partial charge on any atom is -0.462 e. The van der Waals surface area contributed by atoms with E-state index in [2.05, 4.69) is 0 Å². The van der Waals surface area contributed by atoms with Gasteiger partial charge in [-0.05, 0) is 61.9 Å². The van der Waals surface area contributed by atoms with E-state index >= 15 is 0 Å². The Hall–Kier alpha value is -2.87. The van der Waals surface area contributed by atoms with Crippen LogP contribution < -0.4 is 4.18 Å². The van der Waals surface area contributed by atoms with Gasteiger partial charge in [-0.2, -0.15) is 8.42 Å². The lowest BCUT2D eigenvalue weighted by molar-refractivity contribution is -0.139. The van der Waals surface area contributed by atoms with Crippen molar-refractivity contribution in [2.24, 2.45) is 5.92 Å². The molecule has 2 aromatic carbocycles. The zero-order valence-electron chi connectivity index (χ0n) is 19.4. The molecule has 0 unspecified atom stereocenters. The van der Waals surface area contributed by atoms with Crippen molar-refractivity contribution in [1.29, 1.82) is 0 Å². The minimum atomic E-state index is -4.24. The van der Waals surface area contributed by atoms with Gasteiger partial charge in [0.2, 0.25) is 5.91 Å². The molecule has 2 aliphatic carbocycles. The van der Waals surface area contributed by atoms with E-state index in [1.807, 2.05) is 11.8 Å². The molecule has 0 atom stereocenters. The molecule has 0 spiro atoms. The van der Waals surface area contributed by atoms with Crippen molar-refractivity contribution in [3.8, 4) is 5.75 Å². The smallest absolute Gasteiger partial charge is 0.340 e. The van der Waals surface area contributed by atoms with E-state index in [-0.39, 0.29) is 34.6 Å². The van der Waals surface area contributed by atoms with Crippen LogP contribution in [0.25, 0.3) is 0 Å². The molecule has 4 rings (SSSR count). The topological polar surface area (TPSA) is 90.0 Å². The molecule has 0 N–H and O–H groups in total. The zero-order valence-corrected chi connectivity index (χ0v) is 20.3. The summed E-state index contributed by atoms with van der Waals surface area (Å²) in [5.74, 6) is -0.162. The van der Waals surface area contributed by atoms with Crippen LogP contribution in [0.15, 0.2) is 53.4 Å². The molecule has 2 aliphatic rings. The summed E-state index contributed by atoms with van der Waals surface area (Å²) in [5, 5.41) is 0. The minimum absolute atomic E-state index is 0.0511. The van der Waals surface area contributed by atoms with Gasteiger partial charge in [0.15, 0.2) is 0 Å². The van der Waals surface area contributed by atoms with Crippen LogP contribution in [0.3, 0.4) is 0 Å². The molecule has 2 saturated carbocycles. The van der Waals surface area contributed by atoms with E-state index in [0.29, 0.717) is 19.0 Å². The van der Waals surface area contributed by atoms with E-state index in [0.717, 1.165) is 44.1 Å². The normalized spacial score (nSPS) is 15.9. The maximum absolute atomic E-state index is 12.9. The second-order valence-electron chi connectivity index (χ2n) is 8.99. The van der Waals surface area contributed by atoms with E-state index in [9.17, 15) is 18.0 Å². The summed E-state index contributed by atoms with van der Waals surface area (Å²) in [6, 6.07) is 12.9. The van der Waals surface area contributed by atoms with Gasteiger partial charge in [0.05, 0.1) is 12.2 Å². The predicted octanol–water partition coefficient (Wildman–Crippen LogP) is 4.70. The van der Waals surface area contributed by atoms with E-state index < -0.39 is 16.1 Å². The first-order valence-corrected chi connectivity index (χ1v) is 13.4. The Kier molecular flexibility index (Phi) is 7.56. The van der Waals surface area contributed by atoms with Gasteiger partial charge in [-0.15, -0.1) is 0 Å². The average Bonchev–Trinajstić information content (AvgIpc) is 3.62. The molecule has 34 heavy (non-hydrogen) atoms. The van der Waals surface area contributed by atoms with Gasteiger partial charge in [-0.3, -0.25) is 4.79 Å². The number of carbonyl (C=O) groups excluding carboxylic acids is 2. The summed E-state index contributed by atoms with van der Waals surface area (Å²) in [5.41, 5.74) is 0.869. The van der Waals surface area contributed by atoms with Gasteiger partial charge >= 0.3 is 16.1 Å². The highest BCUT2D eigenvalue weighted by Crippen LogP contribution is 2.35. The van der Waals surface area contributed by atoms with Gasteiger partial charge in [-0.25, -0.2) is 4.79 Å². The summed E-state index contributed by atoms with van der Waals surface area (Å²) in [6.45, 7) is 2.72. The van der Waals surface area contributed by atoms with E-state index in [1.54, 1.807) is 30.3 Å². The Balaban J connectivity index is 1.44. The predicted molar refractivity (Wildman–Crippen MR) is 127 cm³/mol. The molecule has 0 saturated heterocycles. The molecule has 182 valence electrons. The summed E-state index contributed by atoms with van der Waals surface area (Å²) >= 11 is 0. The number of hydrogen-bond acceptors (Lipinski definition) is 6. The lowest BCUT2D eigenvalue weighted by Gasteiger charge is -2.32. The quantitative estimate of drug-likeness (QED) is 0.260. The lowest BCUT2D eigenvalue weighted by Crippen LogP contribution is -2.39. The van der Waals surface area contributed by atoms with Crippen LogP contribution in [-0.4, -0.2) is 37.8 Å². The number of ether oxygens (including phenoxy) is 1. The molecule has 2 fully saturated rings. The fraction of sp³-hybridized carbons (Fsp3) is 0.462. The lowest BCUT2D eigenvalue weighted by atomic mass is 9.84. The van der Waals surface area contributed by atoms with Crippen molar-refractivity contribution < 1.29 is 26.9 Å². The first kappa shape index (κ1) is 24.3. The van der Waals surface area contributed by atoms with Crippen LogP contribution in [0.5, 0.6) is 5.75 Å². The highest BCUT2D eigenvalue weighted by Gasteiger charge is 2.37. The Bertz CT molecular complexity index is 1120. The Labute approximate surface area is 201 Å². The number of amides is 1. The van der Waals surface area contributed by atoms with Gasteiger partial charge in [0, 0.05) is 18.5 Å². The molecule has 0 radical (unpaired) electrons. The monoisotopic (exact) mass is 485 g/mol. The van der Waals surface area contributed by atoms with Gasteiger partial charge < -0.3 is 13.8 Å². The average molecular weight is 486 g/mol. The maximum atomic E-state index is 12.9. The summed E-state index contributed by atoms with van der Waals surface area (Å²) < 4.78 is 36.4. The highest BCUT2D eigenvalue weighted by molar-refractivity contribution is 7.87. The molecular weight excluding hydrogens is 454 g/mol. The molecular formula is C26H31NO6S. The Morgan fingerprint density at radius 2 is 1.71 bits per heavy atom. The van der Waals surface area contributed by atoms with Crippen molar-refractivity contribution in [1.82, 2.24) is 4.90 Å². The van der Waals surface area contributed by atoms with Crippen molar-refractivity contribution in [3.63, 3.8) is 0 Å². The third-order valence-electron chi connectivity index (χ3n) is 6.31. The third-order valence-corrected chi connectivity index (χ3v) is 7.62. The molecule has 8 heteroatoms. The van der Waals surface area contributed by atoms with Crippen LogP contribution in [-0.2, 0) is 26.2 Å². The third kappa shape index (κ3) is 5.78. The Morgan fingerprint density at radius 3 is 2.32 bits per heavy atom. The molecule has 0 heterocycles.